The molecule has 1 amide bonds. The molecule has 2 aromatic rings. The molecule has 1 aliphatic rings. The van der Waals surface area contributed by atoms with Gasteiger partial charge in [0.15, 0.2) is 5.82 Å². The number of aryl methyl sites for hydroxylation is 1. The summed E-state index contributed by atoms with van der Waals surface area (Å²) in [5.74, 6) is 0.727. The molecule has 26 heavy (non-hydrogen) atoms. The number of rotatable bonds is 2. The molecule has 1 saturated heterocycles. The second kappa shape index (κ2) is 7.19. The summed E-state index contributed by atoms with van der Waals surface area (Å²) in [6.07, 6.45) is 1.24. The Bertz CT molecular complexity index is 845. The van der Waals surface area contributed by atoms with Crippen LogP contribution >= 0.6 is 11.3 Å². The molecule has 1 N–H and O–H groups in total. The first-order valence-electron chi connectivity index (χ1n) is 8.72. The number of carbonyl (C=O) groups is 1. The van der Waals surface area contributed by atoms with Gasteiger partial charge in [-0.3, -0.25) is 4.79 Å². The number of aromatic nitrogens is 3. The fourth-order valence-electron chi connectivity index (χ4n) is 3.01. The molecular weight excluding hydrogens is 352 g/mol. The minimum absolute atomic E-state index is 0.156. The highest BCUT2D eigenvalue weighted by atomic mass is 32.1. The van der Waals surface area contributed by atoms with Crippen molar-refractivity contribution in [3.8, 4) is 10.7 Å². The van der Waals surface area contributed by atoms with E-state index in [0.29, 0.717) is 18.9 Å². The highest BCUT2D eigenvalue weighted by Crippen LogP contribution is 2.29. The molecule has 2 aromatic heterocycles. The average molecular weight is 376 g/mol. The van der Waals surface area contributed by atoms with E-state index in [1.807, 2.05) is 27.7 Å². The summed E-state index contributed by atoms with van der Waals surface area (Å²) in [5.41, 5.74) is 2.73. The van der Waals surface area contributed by atoms with E-state index in [4.69, 9.17) is 4.74 Å². The summed E-state index contributed by atoms with van der Waals surface area (Å²) in [4.78, 5) is 38.6. The molecule has 7 nitrogen and oxygen atoms in total. The van der Waals surface area contributed by atoms with Gasteiger partial charge in [-0.25, -0.2) is 14.8 Å². The van der Waals surface area contributed by atoms with Gasteiger partial charge in [-0.05, 0) is 40.5 Å². The lowest BCUT2D eigenvalue weighted by atomic mass is 9.93. The topological polar surface area (TPSA) is 88.2 Å². The summed E-state index contributed by atoms with van der Waals surface area (Å²) in [6, 6.07) is 1.56. The van der Waals surface area contributed by atoms with Crippen molar-refractivity contribution in [2.45, 2.75) is 52.1 Å². The molecule has 140 valence electrons. The van der Waals surface area contributed by atoms with Crippen molar-refractivity contribution in [1.82, 2.24) is 19.9 Å². The zero-order valence-electron chi connectivity index (χ0n) is 15.5. The normalized spacial score (nSPS) is 15.9. The molecule has 0 aliphatic carbocycles. The van der Waals surface area contributed by atoms with Gasteiger partial charge < -0.3 is 14.6 Å². The number of hydrogen-bond acceptors (Lipinski definition) is 6. The maximum atomic E-state index is 12.2. The zero-order chi connectivity index (χ0) is 18.9. The number of carbonyl (C=O) groups excluding carboxylic acids is 1. The molecular formula is C18H24N4O3S. The van der Waals surface area contributed by atoms with Crippen LogP contribution in [0, 0.1) is 6.92 Å². The minimum Gasteiger partial charge on any atom is -0.444 e. The Morgan fingerprint density at radius 3 is 2.62 bits per heavy atom. The predicted molar refractivity (Wildman–Crippen MR) is 100 cm³/mol. The van der Waals surface area contributed by atoms with E-state index in [1.165, 1.54) is 11.3 Å². The predicted octanol–water partition coefficient (Wildman–Crippen LogP) is 3.32. The first-order chi connectivity index (χ1) is 12.2. The van der Waals surface area contributed by atoms with Crippen molar-refractivity contribution in [1.29, 1.82) is 0 Å². The van der Waals surface area contributed by atoms with Gasteiger partial charge in [0.25, 0.3) is 5.56 Å². The van der Waals surface area contributed by atoms with Crippen molar-refractivity contribution in [3.05, 3.63) is 33.3 Å². The van der Waals surface area contributed by atoms with Crippen molar-refractivity contribution in [3.63, 3.8) is 0 Å². The number of H-pyrrole nitrogens is 1. The highest BCUT2D eigenvalue weighted by molar-refractivity contribution is 7.13. The SMILES string of the molecule is Cc1ncsc1-c1nc(C2CCN(C(=O)OC(C)(C)C)CC2)cc(=O)[nH]1. The van der Waals surface area contributed by atoms with Crippen LogP contribution in [0.4, 0.5) is 4.79 Å². The van der Waals surface area contributed by atoms with Crippen LogP contribution in [0.3, 0.4) is 0 Å². The standard InChI is InChI=1S/C18H24N4O3S/c1-11-15(26-10-19-11)16-20-13(9-14(23)21-16)12-5-7-22(8-6-12)17(24)25-18(2,3)4/h9-10,12H,5-8H2,1-4H3,(H,20,21,23). The van der Waals surface area contributed by atoms with Crippen molar-refractivity contribution in [2.75, 3.05) is 13.1 Å². The van der Waals surface area contributed by atoms with E-state index in [0.717, 1.165) is 29.1 Å². The lowest BCUT2D eigenvalue weighted by Gasteiger charge is -2.33. The van der Waals surface area contributed by atoms with Crippen LogP contribution in [0.1, 0.15) is 50.9 Å². The molecule has 1 aliphatic heterocycles. The Labute approximate surface area is 156 Å². The highest BCUT2D eigenvalue weighted by Gasteiger charge is 2.28. The average Bonchev–Trinajstić information content (AvgIpc) is 2.99. The lowest BCUT2D eigenvalue weighted by Crippen LogP contribution is -2.41. The molecule has 0 atom stereocenters. The Morgan fingerprint density at radius 2 is 2.04 bits per heavy atom. The second-order valence-corrected chi connectivity index (χ2v) is 8.38. The van der Waals surface area contributed by atoms with Gasteiger partial charge in [-0.15, -0.1) is 11.3 Å². The second-order valence-electron chi connectivity index (χ2n) is 7.53. The number of piperidine rings is 1. The van der Waals surface area contributed by atoms with Crippen LogP contribution in [-0.4, -0.2) is 44.6 Å². The number of nitrogens with one attached hydrogen (secondary N) is 1. The van der Waals surface area contributed by atoms with Crippen LogP contribution in [0.5, 0.6) is 0 Å². The maximum absolute atomic E-state index is 12.2. The number of likely N-dealkylation sites (tertiary alicyclic amines) is 1. The van der Waals surface area contributed by atoms with Gasteiger partial charge >= 0.3 is 6.09 Å². The summed E-state index contributed by atoms with van der Waals surface area (Å²) < 4.78 is 5.43. The quantitative estimate of drug-likeness (QED) is 0.869. The Kier molecular flexibility index (Phi) is 5.13. The third kappa shape index (κ3) is 4.30. The van der Waals surface area contributed by atoms with Gasteiger partial charge in [-0.1, -0.05) is 0 Å². The van der Waals surface area contributed by atoms with Crippen LogP contribution in [-0.2, 0) is 4.74 Å². The number of ether oxygens (including phenoxy) is 1. The van der Waals surface area contributed by atoms with E-state index in [9.17, 15) is 9.59 Å². The molecule has 3 heterocycles. The first-order valence-corrected chi connectivity index (χ1v) is 9.60. The van der Waals surface area contributed by atoms with E-state index in [-0.39, 0.29) is 17.6 Å². The summed E-state index contributed by atoms with van der Waals surface area (Å²) in [5, 5.41) is 0. The molecule has 8 heteroatoms. The van der Waals surface area contributed by atoms with Crippen LogP contribution in [0.2, 0.25) is 0 Å². The number of thiazole rings is 1. The number of nitrogens with zero attached hydrogens (tertiary/aromatic N) is 3. The summed E-state index contributed by atoms with van der Waals surface area (Å²) in [6.45, 7) is 8.69. The zero-order valence-corrected chi connectivity index (χ0v) is 16.4. The van der Waals surface area contributed by atoms with Gasteiger partial charge in [0.2, 0.25) is 0 Å². The maximum Gasteiger partial charge on any atom is 0.410 e. The van der Waals surface area contributed by atoms with Gasteiger partial charge in [0, 0.05) is 25.1 Å². The van der Waals surface area contributed by atoms with Crippen molar-refractivity contribution >= 4 is 17.4 Å². The number of amides is 1. The summed E-state index contributed by atoms with van der Waals surface area (Å²) >= 11 is 1.46. The molecule has 0 radical (unpaired) electrons. The lowest BCUT2D eigenvalue weighted by molar-refractivity contribution is 0.0204. The molecule has 0 spiro atoms. The van der Waals surface area contributed by atoms with Crippen LogP contribution < -0.4 is 5.56 Å². The van der Waals surface area contributed by atoms with Gasteiger partial charge in [0.05, 0.1) is 21.8 Å². The van der Waals surface area contributed by atoms with Gasteiger partial charge in [-0.2, -0.15) is 0 Å². The third-order valence-corrected chi connectivity index (χ3v) is 5.22. The fraction of sp³-hybridized carbons (Fsp3) is 0.556. The molecule has 0 saturated carbocycles. The fourth-order valence-corrected chi connectivity index (χ4v) is 3.75. The first kappa shape index (κ1) is 18.6. The van der Waals surface area contributed by atoms with E-state index in [1.54, 1.807) is 16.5 Å². The van der Waals surface area contributed by atoms with Crippen molar-refractivity contribution < 1.29 is 9.53 Å². The van der Waals surface area contributed by atoms with Crippen LogP contribution in [0.25, 0.3) is 10.7 Å². The minimum atomic E-state index is -0.496. The Morgan fingerprint density at radius 1 is 1.35 bits per heavy atom. The van der Waals surface area contributed by atoms with Gasteiger partial charge in [0.1, 0.15) is 5.60 Å². The number of aromatic amines is 1. The van der Waals surface area contributed by atoms with E-state index < -0.39 is 5.60 Å². The van der Waals surface area contributed by atoms with Crippen LogP contribution in [0.15, 0.2) is 16.4 Å². The van der Waals surface area contributed by atoms with E-state index >= 15 is 0 Å². The molecule has 0 aromatic carbocycles. The Hall–Kier alpha value is -2.22. The van der Waals surface area contributed by atoms with E-state index in [2.05, 4.69) is 15.0 Å². The molecule has 0 bridgehead atoms. The number of hydrogen-bond donors (Lipinski definition) is 1. The Balaban J connectivity index is 1.72. The largest absolute Gasteiger partial charge is 0.444 e. The molecule has 0 unspecified atom stereocenters. The summed E-state index contributed by atoms with van der Waals surface area (Å²) in [7, 11) is 0. The monoisotopic (exact) mass is 376 g/mol. The van der Waals surface area contributed by atoms with Crippen molar-refractivity contribution in [2.24, 2.45) is 0 Å². The smallest absolute Gasteiger partial charge is 0.410 e. The molecule has 3 rings (SSSR count). The molecule has 1 fully saturated rings. The third-order valence-electron chi connectivity index (χ3n) is 4.29.